The Labute approximate surface area is 178 Å². The summed E-state index contributed by atoms with van der Waals surface area (Å²) >= 11 is 0. The van der Waals surface area contributed by atoms with E-state index in [0.717, 1.165) is 27.7 Å². The van der Waals surface area contributed by atoms with E-state index in [4.69, 9.17) is 9.47 Å². The Bertz CT molecular complexity index is 1540. The fraction of sp³-hybridized carbons (Fsp3) is 0. The second-order valence-electron chi connectivity index (χ2n) is 7.19. The van der Waals surface area contributed by atoms with E-state index >= 15 is 0 Å². The fourth-order valence-electron chi connectivity index (χ4n) is 3.88. The molecule has 0 fully saturated rings. The maximum atomic E-state index is 6.16. The predicted molar refractivity (Wildman–Crippen MR) is 121 cm³/mol. The molecule has 0 amide bonds. The number of imidazole rings is 1. The zero-order chi connectivity index (χ0) is 20.6. The molecule has 0 aliphatic heterocycles. The Morgan fingerprint density at radius 1 is 0.581 bits per heavy atom. The molecule has 6 rings (SSSR count). The number of para-hydroxylation sites is 1. The van der Waals surface area contributed by atoms with Gasteiger partial charge < -0.3 is 9.47 Å². The van der Waals surface area contributed by atoms with Crippen LogP contribution in [0.25, 0.3) is 27.3 Å². The third kappa shape index (κ3) is 3.13. The minimum Gasteiger partial charge on any atom is -0.457 e. The van der Waals surface area contributed by atoms with E-state index < -0.39 is 0 Å². The van der Waals surface area contributed by atoms with Crippen molar-refractivity contribution in [3.8, 4) is 23.1 Å². The molecule has 3 aromatic heterocycles. The number of aromatic nitrogens is 3. The van der Waals surface area contributed by atoms with Gasteiger partial charge in [0.25, 0.3) is 0 Å². The van der Waals surface area contributed by atoms with Crippen molar-refractivity contribution in [1.29, 1.82) is 0 Å². The van der Waals surface area contributed by atoms with E-state index in [1.807, 2.05) is 73.1 Å². The first-order valence-corrected chi connectivity index (χ1v) is 9.99. The van der Waals surface area contributed by atoms with Crippen LogP contribution in [0.15, 0.2) is 104 Å². The highest BCUT2D eigenvalue weighted by molar-refractivity contribution is 6.12. The second-order valence-corrected chi connectivity index (χ2v) is 7.19. The first kappa shape index (κ1) is 17.5. The molecule has 0 atom stereocenters. The lowest BCUT2D eigenvalue weighted by molar-refractivity contribution is 0.449. The highest BCUT2D eigenvalue weighted by atomic mass is 16.5. The van der Waals surface area contributed by atoms with Gasteiger partial charge in [0.05, 0.1) is 5.52 Å². The second kappa shape index (κ2) is 7.15. The van der Waals surface area contributed by atoms with Crippen molar-refractivity contribution in [2.75, 3.05) is 0 Å². The van der Waals surface area contributed by atoms with Crippen LogP contribution in [0.1, 0.15) is 0 Å². The summed E-state index contributed by atoms with van der Waals surface area (Å²) in [5.41, 5.74) is 2.04. The zero-order valence-electron chi connectivity index (χ0n) is 16.5. The van der Waals surface area contributed by atoms with Gasteiger partial charge >= 0.3 is 0 Å². The summed E-state index contributed by atoms with van der Waals surface area (Å²) in [6.45, 7) is 0. The molecule has 0 spiro atoms. The lowest BCUT2D eigenvalue weighted by Gasteiger charge is -2.11. The van der Waals surface area contributed by atoms with Crippen molar-refractivity contribution in [1.82, 2.24) is 14.4 Å². The van der Waals surface area contributed by atoms with E-state index in [1.165, 1.54) is 5.39 Å². The monoisotopic (exact) mass is 403 g/mol. The third-order valence-electron chi connectivity index (χ3n) is 5.23. The van der Waals surface area contributed by atoms with Crippen molar-refractivity contribution < 1.29 is 9.47 Å². The van der Waals surface area contributed by atoms with Crippen molar-refractivity contribution >= 4 is 27.3 Å². The number of rotatable bonds is 4. The Balaban J connectivity index is 1.39. The van der Waals surface area contributed by atoms with E-state index in [1.54, 1.807) is 6.20 Å². The Kier molecular flexibility index (Phi) is 4.03. The first-order valence-electron chi connectivity index (χ1n) is 9.99. The van der Waals surface area contributed by atoms with Crippen molar-refractivity contribution in [2.24, 2.45) is 0 Å². The lowest BCUT2D eigenvalue weighted by Crippen LogP contribution is -1.92. The summed E-state index contributed by atoms with van der Waals surface area (Å²) in [5.74, 6) is 2.63. The standard InChI is InChI=1S/C26H17N3O2/c1-2-9-24-22(8-1)21-12-11-20(17-23(21)26-28-14-15-29(24)26)30-18-6-5-7-19(16-18)31-25-10-3-4-13-27-25/h1-17H. The number of pyridine rings is 2. The summed E-state index contributed by atoms with van der Waals surface area (Å²) < 4.78 is 14.1. The normalized spacial score (nSPS) is 11.2. The van der Waals surface area contributed by atoms with Gasteiger partial charge in [-0.15, -0.1) is 0 Å². The molecule has 31 heavy (non-hydrogen) atoms. The highest BCUT2D eigenvalue weighted by Crippen LogP contribution is 2.34. The minimum absolute atomic E-state index is 0.541. The summed E-state index contributed by atoms with van der Waals surface area (Å²) in [6.07, 6.45) is 5.51. The number of benzene rings is 3. The Hall–Kier alpha value is -4.38. The molecule has 0 radical (unpaired) electrons. The molecule has 0 bridgehead atoms. The van der Waals surface area contributed by atoms with Crippen LogP contribution in [0.3, 0.4) is 0 Å². The van der Waals surface area contributed by atoms with Gasteiger partial charge in [0.2, 0.25) is 5.88 Å². The summed E-state index contributed by atoms with van der Waals surface area (Å²) in [7, 11) is 0. The minimum atomic E-state index is 0.541. The molecule has 5 heteroatoms. The zero-order valence-corrected chi connectivity index (χ0v) is 16.5. The number of hydrogen-bond acceptors (Lipinski definition) is 4. The van der Waals surface area contributed by atoms with Crippen LogP contribution >= 0.6 is 0 Å². The average Bonchev–Trinajstić information content (AvgIpc) is 3.31. The quantitative estimate of drug-likeness (QED) is 0.310. The van der Waals surface area contributed by atoms with Gasteiger partial charge in [0, 0.05) is 41.5 Å². The molecule has 3 heterocycles. The summed E-state index contributed by atoms with van der Waals surface area (Å²) in [4.78, 5) is 8.78. The molecule has 0 aliphatic rings. The maximum absolute atomic E-state index is 6.16. The van der Waals surface area contributed by atoms with Gasteiger partial charge in [0.15, 0.2) is 0 Å². The average molecular weight is 403 g/mol. The molecule has 5 nitrogen and oxygen atoms in total. The first-order chi connectivity index (χ1) is 15.3. The van der Waals surface area contributed by atoms with Gasteiger partial charge in [-0.25, -0.2) is 9.97 Å². The predicted octanol–water partition coefficient (Wildman–Crippen LogP) is 6.62. The maximum Gasteiger partial charge on any atom is 0.219 e. The van der Waals surface area contributed by atoms with Crippen molar-refractivity contribution in [2.45, 2.75) is 0 Å². The summed E-state index contributed by atoms with van der Waals surface area (Å²) in [6, 6.07) is 27.6. The van der Waals surface area contributed by atoms with Crippen LogP contribution < -0.4 is 9.47 Å². The molecule has 148 valence electrons. The fourth-order valence-corrected chi connectivity index (χ4v) is 3.88. The summed E-state index contributed by atoms with van der Waals surface area (Å²) in [5, 5.41) is 3.37. The SMILES string of the molecule is c1ccc(Oc2cccc(Oc3ccc4c5ccccc5n5ccnc5c4c3)c2)nc1. The molecule has 0 N–H and O–H groups in total. The smallest absolute Gasteiger partial charge is 0.219 e. The van der Waals surface area contributed by atoms with Crippen LogP contribution in [0.4, 0.5) is 0 Å². The van der Waals surface area contributed by atoms with E-state index in [9.17, 15) is 0 Å². The van der Waals surface area contributed by atoms with Gasteiger partial charge in [-0.3, -0.25) is 4.40 Å². The molecule has 0 unspecified atom stereocenters. The van der Waals surface area contributed by atoms with Crippen molar-refractivity contribution in [3.05, 3.63) is 104 Å². The number of hydrogen-bond donors (Lipinski definition) is 0. The largest absolute Gasteiger partial charge is 0.457 e. The Morgan fingerprint density at radius 2 is 1.42 bits per heavy atom. The topological polar surface area (TPSA) is 48.7 Å². The van der Waals surface area contributed by atoms with E-state index in [0.29, 0.717) is 17.4 Å². The van der Waals surface area contributed by atoms with E-state index in [-0.39, 0.29) is 0 Å². The van der Waals surface area contributed by atoms with Gasteiger partial charge in [0.1, 0.15) is 22.9 Å². The molecule has 6 aromatic rings. The molecule has 3 aromatic carbocycles. The Morgan fingerprint density at radius 3 is 2.32 bits per heavy atom. The van der Waals surface area contributed by atoms with Crippen LogP contribution in [0.2, 0.25) is 0 Å². The van der Waals surface area contributed by atoms with Crippen LogP contribution in [-0.4, -0.2) is 14.4 Å². The highest BCUT2D eigenvalue weighted by Gasteiger charge is 2.10. The van der Waals surface area contributed by atoms with Crippen LogP contribution in [0, 0.1) is 0 Å². The van der Waals surface area contributed by atoms with Crippen LogP contribution in [-0.2, 0) is 0 Å². The molecular weight excluding hydrogens is 386 g/mol. The van der Waals surface area contributed by atoms with Crippen LogP contribution in [0.5, 0.6) is 23.1 Å². The third-order valence-corrected chi connectivity index (χ3v) is 5.23. The molecular formula is C26H17N3O2. The van der Waals surface area contributed by atoms with E-state index in [2.05, 4.69) is 38.6 Å². The van der Waals surface area contributed by atoms with Gasteiger partial charge in [-0.1, -0.05) is 30.3 Å². The molecule has 0 saturated heterocycles. The molecule has 0 aliphatic carbocycles. The molecule has 0 saturated carbocycles. The van der Waals surface area contributed by atoms with Crippen molar-refractivity contribution in [3.63, 3.8) is 0 Å². The number of fused-ring (bicyclic) bond motifs is 6. The van der Waals surface area contributed by atoms with Gasteiger partial charge in [-0.2, -0.15) is 0 Å². The number of ether oxygens (including phenoxy) is 2. The lowest BCUT2D eigenvalue weighted by atomic mass is 10.1. The van der Waals surface area contributed by atoms with Gasteiger partial charge in [-0.05, 0) is 47.9 Å². The number of nitrogens with zero attached hydrogens (tertiary/aromatic N) is 3.